The van der Waals surface area contributed by atoms with Gasteiger partial charge in [0, 0.05) is 24.6 Å². The number of hydrogen-bond donors (Lipinski definition) is 0. The van der Waals surface area contributed by atoms with Crippen LogP contribution in [0, 0.1) is 17.8 Å². The molecule has 1 aromatic carbocycles. The van der Waals surface area contributed by atoms with Crippen LogP contribution in [0.5, 0.6) is 11.5 Å². The molecule has 164 valence electrons. The highest BCUT2D eigenvalue weighted by atomic mass is 16.5. The van der Waals surface area contributed by atoms with E-state index in [0.717, 1.165) is 12.8 Å². The van der Waals surface area contributed by atoms with Crippen LogP contribution in [0.1, 0.15) is 49.9 Å². The van der Waals surface area contributed by atoms with Crippen LogP contribution in [-0.2, 0) is 14.3 Å². The van der Waals surface area contributed by atoms with E-state index in [1.165, 1.54) is 20.6 Å². The van der Waals surface area contributed by atoms with Crippen LogP contribution >= 0.6 is 0 Å². The zero-order chi connectivity index (χ0) is 21.8. The molecule has 7 heteroatoms. The second kappa shape index (κ2) is 9.49. The number of esters is 1. The second-order valence-electron chi connectivity index (χ2n) is 8.38. The summed E-state index contributed by atoms with van der Waals surface area (Å²) in [6.45, 7) is 4.43. The molecule has 1 saturated heterocycles. The number of ketones is 1. The van der Waals surface area contributed by atoms with E-state index in [-0.39, 0.29) is 30.8 Å². The molecule has 0 aromatic heterocycles. The summed E-state index contributed by atoms with van der Waals surface area (Å²) < 4.78 is 15.6. The van der Waals surface area contributed by atoms with E-state index in [1.807, 2.05) is 4.90 Å². The van der Waals surface area contributed by atoms with Crippen LogP contribution in [0.15, 0.2) is 18.2 Å². The molecule has 0 N–H and O–H groups in total. The summed E-state index contributed by atoms with van der Waals surface area (Å²) in [5, 5.41) is 0. The molecule has 4 atom stereocenters. The zero-order valence-corrected chi connectivity index (χ0v) is 18.2. The van der Waals surface area contributed by atoms with Crippen molar-refractivity contribution in [3.05, 3.63) is 23.8 Å². The van der Waals surface area contributed by atoms with Gasteiger partial charge < -0.3 is 19.1 Å². The molecule has 3 rings (SSSR count). The lowest BCUT2D eigenvalue weighted by atomic mass is 9.77. The number of benzene rings is 1. The maximum atomic E-state index is 12.6. The molecular formula is C23H31NO6. The van der Waals surface area contributed by atoms with Crippen LogP contribution < -0.4 is 9.47 Å². The zero-order valence-electron chi connectivity index (χ0n) is 18.2. The third kappa shape index (κ3) is 4.60. The first-order valence-corrected chi connectivity index (χ1v) is 10.6. The highest BCUT2D eigenvalue weighted by Crippen LogP contribution is 2.36. The van der Waals surface area contributed by atoms with Crippen LogP contribution in [0.3, 0.4) is 0 Å². The Morgan fingerprint density at radius 1 is 1.10 bits per heavy atom. The van der Waals surface area contributed by atoms with Gasteiger partial charge in [-0.2, -0.15) is 0 Å². The average Bonchev–Trinajstić information content (AvgIpc) is 3.14. The van der Waals surface area contributed by atoms with Gasteiger partial charge in [-0.3, -0.25) is 14.4 Å². The van der Waals surface area contributed by atoms with Crippen molar-refractivity contribution in [1.82, 2.24) is 4.90 Å². The van der Waals surface area contributed by atoms with Gasteiger partial charge in [0.15, 0.2) is 23.9 Å². The molecule has 0 bridgehead atoms. The number of rotatable bonds is 7. The topological polar surface area (TPSA) is 82.1 Å². The predicted octanol–water partition coefficient (Wildman–Crippen LogP) is 3.10. The summed E-state index contributed by atoms with van der Waals surface area (Å²) in [4.78, 5) is 39.4. The van der Waals surface area contributed by atoms with Crippen molar-refractivity contribution in [1.29, 1.82) is 0 Å². The van der Waals surface area contributed by atoms with E-state index < -0.39 is 11.9 Å². The van der Waals surface area contributed by atoms with E-state index >= 15 is 0 Å². The largest absolute Gasteiger partial charge is 0.493 e. The molecule has 1 aromatic rings. The number of ether oxygens (including phenoxy) is 3. The van der Waals surface area contributed by atoms with Crippen molar-refractivity contribution < 1.29 is 28.6 Å². The fourth-order valence-electron chi connectivity index (χ4n) is 4.55. The number of methoxy groups -OCH3 is 2. The third-order valence-corrected chi connectivity index (χ3v) is 6.61. The van der Waals surface area contributed by atoms with Gasteiger partial charge in [0.1, 0.15) is 0 Å². The molecule has 1 saturated carbocycles. The summed E-state index contributed by atoms with van der Waals surface area (Å²) in [5.41, 5.74) is 0.370. The summed E-state index contributed by atoms with van der Waals surface area (Å²) in [5.74, 6) is 0.612. The summed E-state index contributed by atoms with van der Waals surface area (Å²) >= 11 is 0. The van der Waals surface area contributed by atoms with E-state index in [0.29, 0.717) is 35.4 Å². The van der Waals surface area contributed by atoms with Crippen molar-refractivity contribution in [2.45, 2.75) is 45.6 Å². The minimum Gasteiger partial charge on any atom is -0.493 e. The molecular weight excluding hydrogens is 386 g/mol. The molecule has 0 radical (unpaired) electrons. The first kappa shape index (κ1) is 22.1. The minimum atomic E-state index is -0.514. The minimum absolute atomic E-state index is 0.00844. The molecule has 2 fully saturated rings. The van der Waals surface area contributed by atoms with Gasteiger partial charge in [0.05, 0.1) is 20.1 Å². The SMILES string of the molecule is COc1ccc(C(=O)COC(=O)[C@@H]2CC(=O)N([C@@H]3CCC[C@@H](C)[C@H]3C)C2)cc1OC. The number of hydrogen-bond acceptors (Lipinski definition) is 6. The Labute approximate surface area is 177 Å². The Balaban J connectivity index is 1.56. The highest BCUT2D eigenvalue weighted by molar-refractivity contribution is 5.99. The van der Waals surface area contributed by atoms with E-state index in [9.17, 15) is 14.4 Å². The van der Waals surface area contributed by atoms with E-state index in [1.54, 1.807) is 18.2 Å². The Morgan fingerprint density at radius 3 is 2.53 bits per heavy atom. The first-order chi connectivity index (χ1) is 14.3. The molecule has 2 aliphatic rings. The fraction of sp³-hybridized carbons (Fsp3) is 0.609. The average molecular weight is 418 g/mol. The summed E-state index contributed by atoms with van der Waals surface area (Å²) in [7, 11) is 3.00. The third-order valence-electron chi connectivity index (χ3n) is 6.61. The maximum Gasteiger partial charge on any atom is 0.311 e. The lowest BCUT2D eigenvalue weighted by Gasteiger charge is -2.39. The molecule has 1 aliphatic carbocycles. The molecule has 1 aliphatic heterocycles. The maximum absolute atomic E-state index is 12.6. The van der Waals surface area contributed by atoms with Gasteiger partial charge in [-0.05, 0) is 36.5 Å². The number of nitrogens with zero attached hydrogens (tertiary/aromatic N) is 1. The quantitative estimate of drug-likeness (QED) is 0.501. The van der Waals surface area contributed by atoms with Crippen LogP contribution in [0.4, 0.5) is 0 Å². The normalized spacial score (nSPS) is 26.4. The number of carbonyl (C=O) groups excluding carboxylic acids is 3. The van der Waals surface area contributed by atoms with E-state index in [4.69, 9.17) is 14.2 Å². The predicted molar refractivity (Wildman–Crippen MR) is 111 cm³/mol. The number of Topliss-reactive ketones (excluding diaryl/α,β-unsaturated/α-hetero) is 1. The number of carbonyl (C=O) groups is 3. The molecule has 0 spiro atoms. The molecule has 30 heavy (non-hydrogen) atoms. The van der Waals surface area contributed by atoms with Gasteiger partial charge >= 0.3 is 5.97 Å². The van der Waals surface area contributed by atoms with Gasteiger partial charge in [-0.1, -0.05) is 26.7 Å². The lowest BCUT2D eigenvalue weighted by Crippen LogP contribution is -2.45. The van der Waals surface area contributed by atoms with Gasteiger partial charge in [-0.15, -0.1) is 0 Å². The smallest absolute Gasteiger partial charge is 0.311 e. The van der Waals surface area contributed by atoms with Crippen LogP contribution in [-0.4, -0.2) is 56.0 Å². The van der Waals surface area contributed by atoms with Crippen molar-refractivity contribution >= 4 is 17.7 Å². The monoisotopic (exact) mass is 417 g/mol. The second-order valence-corrected chi connectivity index (χ2v) is 8.38. The Bertz CT molecular complexity index is 807. The lowest BCUT2D eigenvalue weighted by molar-refractivity contribution is -0.147. The molecule has 1 amide bonds. The van der Waals surface area contributed by atoms with Crippen molar-refractivity contribution in [2.24, 2.45) is 17.8 Å². The van der Waals surface area contributed by atoms with Gasteiger partial charge in [0.2, 0.25) is 5.91 Å². The number of amides is 1. The van der Waals surface area contributed by atoms with Crippen LogP contribution in [0.2, 0.25) is 0 Å². The van der Waals surface area contributed by atoms with Crippen molar-refractivity contribution in [2.75, 3.05) is 27.4 Å². The van der Waals surface area contributed by atoms with Crippen molar-refractivity contribution in [3.8, 4) is 11.5 Å². The molecule has 7 nitrogen and oxygen atoms in total. The van der Waals surface area contributed by atoms with Crippen LogP contribution in [0.25, 0.3) is 0 Å². The standard InChI is InChI=1S/C23H31NO6/c1-14-6-5-7-18(15(14)2)24-12-17(11-22(24)26)23(27)30-13-19(25)16-8-9-20(28-3)21(10-16)29-4/h8-10,14-15,17-18H,5-7,11-13H2,1-4H3/t14-,15-,17-,18-/m1/s1. The fourth-order valence-corrected chi connectivity index (χ4v) is 4.55. The summed E-state index contributed by atoms with van der Waals surface area (Å²) in [6.07, 6.45) is 3.43. The Kier molecular flexibility index (Phi) is 7.00. The first-order valence-electron chi connectivity index (χ1n) is 10.6. The molecule has 1 heterocycles. The highest BCUT2D eigenvalue weighted by Gasteiger charge is 2.42. The number of likely N-dealkylation sites (tertiary alicyclic amines) is 1. The molecule has 0 unspecified atom stereocenters. The van der Waals surface area contributed by atoms with E-state index in [2.05, 4.69) is 13.8 Å². The van der Waals surface area contributed by atoms with Gasteiger partial charge in [0.25, 0.3) is 0 Å². The van der Waals surface area contributed by atoms with Gasteiger partial charge in [-0.25, -0.2) is 0 Å². The van der Waals surface area contributed by atoms with Crippen molar-refractivity contribution in [3.63, 3.8) is 0 Å². The Hall–Kier alpha value is -2.57. The summed E-state index contributed by atoms with van der Waals surface area (Å²) in [6, 6.07) is 4.98. The Morgan fingerprint density at radius 2 is 1.83 bits per heavy atom.